The topological polar surface area (TPSA) is 91.3 Å². The van der Waals surface area contributed by atoms with Gasteiger partial charge in [-0.05, 0) is 35.9 Å². The Balaban J connectivity index is 2.11. The van der Waals surface area contributed by atoms with Crippen molar-refractivity contribution in [1.82, 2.24) is 0 Å². The van der Waals surface area contributed by atoms with E-state index in [1.807, 2.05) is 6.07 Å². The molecule has 0 aromatic heterocycles. The minimum absolute atomic E-state index is 0.152. The van der Waals surface area contributed by atoms with Crippen molar-refractivity contribution in [2.24, 2.45) is 4.99 Å². The van der Waals surface area contributed by atoms with Crippen LogP contribution in [0.3, 0.4) is 0 Å². The first kappa shape index (κ1) is 12.9. The molecule has 1 heterocycles. The summed E-state index contributed by atoms with van der Waals surface area (Å²) >= 11 is 0. The molecule has 1 aliphatic heterocycles. The first-order valence-electron chi connectivity index (χ1n) is 6.43. The summed E-state index contributed by atoms with van der Waals surface area (Å²) in [6.45, 7) is 0. The molecule has 3 N–H and O–H groups in total. The summed E-state index contributed by atoms with van der Waals surface area (Å²) in [6, 6.07) is 14.4. The van der Waals surface area contributed by atoms with Gasteiger partial charge in [0, 0.05) is 5.69 Å². The van der Waals surface area contributed by atoms with Crippen LogP contribution in [0, 0.1) is 11.3 Å². The molecule has 0 radical (unpaired) electrons. The van der Waals surface area contributed by atoms with Crippen molar-refractivity contribution in [2.45, 2.75) is 6.42 Å². The summed E-state index contributed by atoms with van der Waals surface area (Å²) in [5, 5.41) is 11.8. The Morgan fingerprint density at radius 3 is 2.90 bits per heavy atom. The number of anilines is 2. The second-order valence-electron chi connectivity index (χ2n) is 4.75. The number of carbonyl (C=O) groups is 1. The van der Waals surface area contributed by atoms with E-state index < -0.39 is 0 Å². The van der Waals surface area contributed by atoms with Gasteiger partial charge in [0.25, 0.3) is 0 Å². The van der Waals surface area contributed by atoms with Crippen molar-refractivity contribution in [3.05, 3.63) is 53.6 Å². The minimum atomic E-state index is -0.152. The molecule has 21 heavy (non-hydrogen) atoms. The molecule has 0 bridgehead atoms. The van der Waals surface area contributed by atoms with E-state index in [2.05, 4.69) is 16.4 Å². The lowest BCUT2D eigenvalue weighted by Crippen LogP contribution is -2.15. The van der Waals surface area contributed by atoms with Gasteiger partial charge < -0.3 is 11.1 Å². The minimum Gasteiger partial charge on any atom is -0.399 e. The zero-order chi connectivity index (χ0) is 14.8. The highest BCUT2D eigenvalue weighted by Gasteiger charge is 2.17. The summed E-state index contributed by atoms with van der Waals surface area (Å²) in [5.74, 6) is -0.152. The SMILES string of the molecule is N#Cc1cccc(C2=Nc3ccc(N)cc3NC(=O)C2)c1. The molecule has 0 saturated heterocycles. The molecule has 1 aliphatic rings. The van der Waals surface area contributed by atoms with Crippen molar-refractivity contribution in [3.63, 3.8) is 0 Å². The number of nitrogens with two attached hydrogens (primary N) is 1. The van der Waals surface area contributed by atoms with E-state index in [9.17, 15) is 4.79 Å². The van der Waals surface area contributed by atoms with E-state index in [4.69, 9.17) is 11.0 Å². The summed E-state index contributed by atoms with van der Waals surface area (Å²) in [7, 11) is 0. The number of nitrogens with zero attached hydrogens (tertiary/aromatic N) is 2. The number of hydrogen-bond donors (Lipinski definition) is 2. The van der Waals surface area contributed by atoms with Crippen LogP contribution in [-0.2, 0) is 4.79 Å². The summed E-state index contributed by atoms with van der Waals surface area (Å²) < 4.78 is 0. The quantitative estimate of drug-likeness (QED) is 0.784. The van der Waals surface area contributed by atoms with Crippen LogP contribution in [0.25, 0.3) is 0 Å². The van der Waals surface area contributed by atoms with E-state index in [0.717, 1.165) is 5.56 Å². The second-order valence-corrected chi connectivity index (χ2v) is 4.75. The van der Waals surface area contributed by atoms with Crippen molar-refractivity contribution < 1.29 is 4.79 Å². The molecule has 0 saturated carbocycles. The lowest BCUT2D eigenvalue weighted by atomic mass is 10.0. The van der Waals surface area contributed by atoms with Gasteiger partial charge in [0.15, 0.2) is 0 Å². The number of nitriles is 1. The van der Waals surface area contributed by atoms with Crippen LogP contribution < -0.4 is 11.1 Å². The number of aliphatic imine (C=N–C) groups is 1. The standard InChI is InChI=1S/C16H12N4O/c17-9-10-2-1-3-11(6-10)14-8-16(21)20-15-7-12(18)4-5-13(15)19-14/h1-7H,8,18H2,(H,20,21). The lowest BCUT2D eigenvalue weighted by molar-refractivity contribution is -0.115. The van der Waals surface area contributed by atoms with Gasteiger partial charge in [-0.2, -0.15) is 5.26 Å². The Morgan fingerprint density at radius 1 is 1.24 bits per heavy atom. The fourth-order valence-electron chi connectivity index (χ4n) is 2.22. The van der Waals surface area contributed by atoms with Crippen LogP contribution in [0.5, 0.6) is 0 Å². The van der Waals surface area contributed by atoms with E-state index in [1.54, 1.807) is 36.4 Å². The van der Waals surface area contributed by atoms with E-state index in [1.165, 1.54) is 0 Å². The highest BCUT2D eigenvalue weighted by molar-refractivity contribution is 6.17. The third-order valence-corrected chi connectivity index (χ3v) is 3.20. The Morgan fingerprint density at radius 2 is 2.10 bits per heavy atom. The fourth-order valence-corrected chi connectivity index (χ4v) is 2.22. The molecule has 2 aromatic rings. The van der Waals surface area contributed by atoms with Gasteiger partial charge in [-0.15, -0.1) is 0 Å². The average Bonchev–Trinajstić information content (AvgIpc) is 2.65. The monoisotopic (exact) mass is 276 g/mol. The third kappa shape index (κ3) is 2.60. The van der Waals surface area contributed by atoms with Crippen molar-refractivity contribution >= 4 is 28.7 Å². The molecular weight excluding hydrogens is 264 g/mol. The first-order chi connectivity index (χ1) is 10.2. The number of benzene rings is 2. The third-order valence-electron chi connectivity index (χ3n) is 3.20. The predicted octanol–water partition coefficient (Wildman–Crippen LogP) is 2.60. The largest absolute Gasteiger partial charge is 0.399 e. The smallest absolute Gasteiger partial charge is 0.230 e. The normalized spacial score (nSPS) is 13.5. The van der Waals surface area contributed by atoms with Crippen LogP contribution in [0.15, 0.2) is 47.5 Å². The molecule has 0 unspecified atom stereocenters. The lowest BCUT2D eigenvalue weighted by Gasteiger charge is -2.04. The number of nitrogen functional groups attached to an aromatic ring is 1. The average molecular weight is 276 g/mol. The molecule has 5 heteroatoms. The molecule has 102 valence electrons. The Kier molecular flexibility index (Phi) is 3.13. The second kappa shape index (κ2) is 5.10. The van der Waals surface area contributed by atoms with Gasteiger partial charge in [0.05, 0.1) is 35.1 Å². The van der Waals surface area contributed by atoms with Gasteiger partial charge in [-0.3, -0.25) is 9.79 Å². The number of hydrogen-bond acceptors (Lipinski definition) is 4. The molecule has 0 aliphatic carbocycles. The van der Waals surface area contributed by atoms with Crippen LogP contribution in [0.1, 0.15) is 17.5 Å². The van der Waals surface area contributed by atoms with Gasteiger partial charge >= 0.3 is 0 Å². The van der Waals surface area contributed by atoms with Crippen LogP contribution in [-0.4, -0.2) is 11.6 Å². The van der Waals surface area contributed by atoms with Gasteiger partial charge in [0.1, 0.15) is 0 Å². The fraction of sp³-hybridized carbons (Fsp3) is 0.0625. The van der Waals surface area contributed by atoms with Crippen LogP contribution in [0.2, 0.25) is 0 Å². The van der Waals surface area contributed by atoms with Crippen molar-refractivity contribution in [3.8, 4) is 6.07 Å². The summed E-state index contributed by atoms with van der Waals surface area (Å²) in [5.41, 5.74) is 9.50. The number of nitrogens with one attached hydrogen (secondary N) is 1. The van der Waals surface area contributed by atoms with Crippen LogP contribution >= 0.6 is 0 Å². The number of rotatable bonds is 1. The molecular formula is C16H12N4O. The molecule has 0 atom stereocenters. The molecule has 5 nitrogen and oxygen atoms in total. The number of fused-ring (bicyclic) bond motifs is 1. The molecule has 1 amide bonds. The zero-order valence-electron chi connectivity index (χ0n) is 11.1. The maximum absolute atomic E-state index is 12.0. The Labute approximate surface area is 121 Å². The first-order valence-corrected chi connectivity index (χ1v) is 6.43. The van der Waals surface area contributed by atoms with Crippen molar-refractivity contribution in [1.29, 1.82) is 5.26 Å². The zero-order valence-corrected chi connectivity index (χ0v) is 11.1. The van der Waals surface area contributed by atoms with Gasteiger partial charge in [-0.1, -0.05) is 12.1 Å². The number of amides is 1. The molecule has 0 spiro atoms. The highest BCUT2D eigenvalue weighted by atomic mass is 16.1. The molecule has 3 rings (SSSR count). The highest BCUT2D eigenvalue weighted by Crippen LogP contribution is 2.30. The van der Waals surface area contributed by atoms with Crippen molar-refractivity contribution in [2.75, 3.05) is 11.1 Å². The predicted molar refractivity (Wildman–Crippen MR) is 81.5 cm³/mol. The van der Waals surface area contributed by atoms with Gasteiger partial charge in [0.2, 0.25) is 5.91 Å². The molecule has 2 aromatic carbocycles. The number of carbonyl (C=O) groups excluding carboxylic acids is 1. The summed E-state index contributed by atoms with van der Waals surface area (Å²) in [6.07, 6.45) is 0.156. The van der Waals surface area contributed by atoms with Gasteiger partial charge in [-0.25, -0.2) is 0 Å². The molecule has 0 fully saturated rings. The van der Waals surface area contributed by atoms with E-state index in [0.29, 0.717) is 28.3 Å². The Bertz CT molecular complexity index is 802. The maximum Gasteiger partial charge on any atom is 0.230 e. The summed E-state index contributed by atoms with van der Waals surface area (Å²) in [4.78, 5) is 16.5. The maximum atomic E-state index is 12.0. The van der Waals surface area contributed by atoms with E-state index in [-0.39, 0.29) is 12.3 Å². The Hall–Kier alpha value is -3.13. The van der Waals surface area contributed by atoms with Crippen LogP contribution in [0.4, 0.5) is 17.1 Å². The van der Waals surface area contributed by atoms with E-state index >= 15 is 0 Å².